The third-order valence-corrected chi connectivity index (χ3v) is 5.76. The molecule has 0 aromatic carbocycles. The number of rotatable bonds is 1. The summed E-state index contributed by atoms with van der Waals surface area (Å²) in [5.74, 6) is 0.731. The van der Waals surface area contributed by atoms with E-state index in [1.54, 1.807) is 11.3 Å². The lowest BCUT2D eigenvalue weighted by atomic mass is 9.89. The van der Waals surface area contributed by atoms with Gasteiger partial charge in [-0.1, -0.05) is 6.92 Å². The highest BCUT2D eigenvalue weighted by Crippen LogP contribution is 2.38. The Hall–Kier alpha value is -0.940. The molecule has 0 bridgehead atoms. The van der Waals surface area contributed by atoms with Crippen LogP contribution in [0.4, 0.5) is 0 Å². The highest BCUT2D eigenvalue weighted by Gasteiger charge is 2.29. The summed E-state index contributed by atoms with van der Waals surface area (Å²) in [5.41, 5.74) is 1.44. The van der Waals surface area contributed by atoms with Gasteiger partial charge in [0.15, 0.2) is 4.77 Å². The maximum absolute atomic E-state index is 12.7. The Labute approximate surface area is 120 Å². The van der Waals surface area contributed by atoms with E-state index >= 15 is 0 Å². The van der Waals surface area contributed by atoms with Gasteiger partial charge in [0.05, 0.1) is 5.39 Å². The van der Waals surface area contributed by atoms with Crippen LogP contribution in [-0.2, 0) is 12.8 Å². The Morgan fingerprint density at radius 3 is 2.89 bits per heavy atom. The fourth-order valence-electron chi connectivity index (χ4n) is 3.10. The zero-order chi connectivity index (χ0) is 13.1. The van der Waals surface area contributed by atoms with Crippen molar-refractivity contribution < 1.29 is 0 Å². The maximum Gasteiger partial charge on any atom is 0.263 e. The summed E-state index contributed by atoms with van der Waals surface area (Å²) < 4.78 is 2.41. The van der Waals surface area contributed by atoms with Gasteiger partial charge >= 0.3 is 0 Å². The van der Waals surface area contributed by atoms with E-state index in [2.05, 4.69) is 11.9 Å². The van der Waals surface area contributed by atoms with Crippen molar-refractivity contribution in [2.45, 2.75) is 45.1 Å². The van der Waals surface area contributed by atoms with Gasteiger partial charge in [0, 0.05) is 10.9 Å². The van der Waals surface area contributed by atoms with Gasteiger partial charge in [-0.15, -0.1) is 11.3 Å². The third-order valence-electron chi connectivity index (χ3n) is 4.30. The Morgan fingerprint density at radius 1 is 1.37 bits per heavy atom. The second kappa shape index (κ2) is 4.03. The van der Waals surface area contributed by atoms with Crippen molar-refractivity contribution in [1.82, 2.24) is 9.55 Å². The van der Waals surface area contributed by atoms with Gasteiger partial charge in [0.25, 0.3) is 5.56 Å². The molecule has 0 aliphatic heterocycles. The van der Waals surface area contributed by atoms with Gasteiger partial charge in [-0.25, -0.2) is 0 Å². The van der Waals surface area contributed by atoms with Crippen LogP contribution in [0.1, 0.15) is 42.7 Å². The minimum Gasteiger partial charge on any atom is -0.323 e. The van der Waals surface area contributed by atoms with Crippen LogP contribution in [0.2, 0.25) is 0 Å². The molecule has 0 spiro atoms. The molecular formula is C14H16N2OS2. The van der Waals surface area contributed by atoms with E-state index in [0.29, 0.717) is 10.8 Å². The topological polar surface area (TPSA) is 37.8 Å². The minimum atomic E-state index is 0.147. The lowest BCUT2D eigenvalue weighted by Crippen LogP contribution is -2.22. The Bertz CT molecular complexity index is 779. The lowest BCUT2D eigenvalue weighted by molar-refractivity contribution is 0.509. The van der Waals surface area contributed by atoms with E-state index < -0.39 is 0 Å². The quantitative estimate of drug-likeness (QED) is 0.816. The largest absolute Gasteiger partial charge is 0.323 e. The Kier molecular flexibility index (Phi) is 2.51. The van der Waals surface area contributed by atoms with E-state index in [4.69, 9.17) is 12.2 Å². The first-order valence-electron chi connectivity index (χ1n) is 6.94. The monoisotopic (exact) mass is 292 g/mol. The zero-order valence-electron chi connectivity index (χ0n) is 10.9. The van der Waals surface area contributed by atoms with Gasteiger partial charge < -0.3 is 4.98 Å². The van der Waals surface area contributed by atoms with Crippen LogP contribution in [-0.4, -0.2) is 9.55 Å². The molecule has 1 fully saturated rings. The number of aromatic nitrogens is 2. The fourth-order valence-corrected chi connectivity index (χ4v) is 4.90. The molecule has 3 nitrogen and oxygen atoms in total. The predicted molar refractivity (Wildman–Crippen MR) is 80.7 cm³/mol. The first-order valence-corrected chi connectivity index (χ1v) is 8.16. The van der Waals surface area contributed by atoms with Gasteiger partial charge in [-0.05, 0) is 55.8 Å². The molecule has 2 aliphatic rings. The molecule has 19 heavy (non-hydrogen) atoms. The van der Waals surface area contributed by atoms with Gasteiger partial charge in [0.2, 0.25) is 0 Å². The highest BCUT2D eigenvalue weighted by atomic mass is 32.1. The summed E-state index contributed by atoms with van der Waals surface area (Å²) in [6, 6.07) is 0.346. The van der Waals surface area contributed by atoms with E-state index in [9.17, 15) is 4.79 Å². The molecule has 2 heterocycles. The molecule has 5 heteroatoms. The molecule has 1 saturated carbocycles. The molecule has 0 amide bonds. The molecule has 2 aromatic heterocycles. The average Bonchev–Trinajstić information content (AvgIpc) is 3.10. The minimum absolute atomic E-state index is 0.147. The van der Waals surface area contributed by atoms with E-state index in [-0.39, 0.29) is 5.56 Å². The standard InChI is InChI=1S/C14H16N2OS2/c1-7-2-5-9-10(6-7)19-12-11(9)13(17)16(8-3-4-8)14(18)15-12/h7-8H,2-6H2,1H3,(H,15,18)/t7-/m1/s1. The number of nitrogens with zero attached hydrogens (tertiary/aromatic N) is 1. The van der Waals surface area contributed by atoms with Crippen LogP contribution < -0.4 is 5.56 Å². The SMILES string of the molecule is C[C@@H]1CCc2c(sc3[nH]c(=S)n(C4CC4)c(=O)c23)C1. The van der Waals surface area contributed by atoms with E-state index in [1.165, 1.54) is 16.9 Å². The highest BCUT2D eigenvalue weighted by molar-refractivity contribution is 7.71. The van der Waals surface area contributed by atoms with Crippen LogP contribution in [0, 0.1) is 10.7 Å². The van der Waals surface area contributed by atoms with Crippen molar-refractivity contribution in [1.29, 1.82) is 0 Å². The molecule has 0 unspecified atom stereocenters. The van der Waals surface area contributed by atoms with Crippen LogP contribution in [0.3, 0.4) is 0 Å². The first-order chi connectivity index (χ1) is 9.15. The van der Waals surface area contributed by atoms with Crippen molar-refractivity contribution in [3.63, 3.8) is 0 Å². The van der Waals surface area contributed by atoms with Gasteiger partial charge in [0.1, 0.15) is 4.83 Å². The van der Waals surface area contributed by atoms with Crippen molar-refractivity contribution >= 4 is 33.8 Å². The summed E-state index contributed by atoms with van der Waals surface area (Å²) in [7, 11) is 0. The normalized spacial score (nSPS) is 22.7. The summed E-state index contributed by atoms with van der Waals surface area (Å²) >= 11 is 7.10. The van der Waals surface area contributed by atoms with E-state index in [1.807, 2.05) is 4.57 Å². The van der Waals surface area contributed by atoms with Gasteiger partial charge in [-0.2, -0.15) is 0 Å². The number of aromatic amines is 1. The van der Waals surface area contributed by atoms with Crippen LogP contribution in [0.5, 0.6) is 0 Å². The molecule has 100 valence electrons. The Morgan fingerprint density at radius 2 is 2.16 bits per heavy atom. The number of thiophene rings is 1. The summed E-state index contributed by atoms with van der Waals surface area (Å²) in [4.78, 5) is 18.4. The summed E-state index contributed by atoms with van der Waals surface area (Å²) in [5, 5.41) is 0.924. The number of H-pyrrole nitrogens is 1. The Balaban J connectivity index is 2.05. The second-order valence-corrected chi connectivity index (χ2v) is 7.38. The molecule has 4 rings (SSSR count). The molecule has 2 aromatic rings. The first kappa shape index (κ1) is 11.9. The summed E-state index contributed by atoms with van der Waals surface area (Å²) in [6.07, 6.45) is 5.52. The molecule has 2 aliphatic carbocycles. The van der Waals surface area contributed by atoms with Crippen LogP contribution in [0.15, 0.2) is 4.79 Å². The molecule has 1 atom stereocenters. The molecule has 0 saturated heterocycles. The van der Waals surface area contributed by atoms with Crippen molar-refractivity contribution in [2.75, 3.05) is 0 Å². The number of hydrogen-bond donors (Lipinski definition) is 1. The third kappa shape index (κ3) is 1.75. The fraction of sp³-hybridized carbons (Fsp3) is 0.571. The molecular weight excluding hydrogens is 276 g/mol. The summed E-state index contributed by atoms with van der Waals surface area (Å²) in [6.45, 7) is 2.29. The molecule has 0 radical (unpaired) electrons. The van der Waals surface area contributed by atoms with Crippen LogP contribution in [0.25, 0.3) is 10.2 Å². The van der Waals surface area contributed by atoms with Crippen molar-refractivity contribution in [3.8, 4) is 0 Å². The van der Waals surface area contributed by atoms with Crippen molar-refractivity contribution in [3.05, 3.63) is 25.6 Å². The number of fused-ring (bicyclic) bond motifs is 3. The average molecular weight is 292 g/mol. The van der Waals surface area contributed by atoms with Crippen molar-refractivity contribution in [2.24, 2.45) is 5.92 Å². The smallest absolute Gasteiger partial charge is 0.263 e. The lowest BCUT2D eigenvalue weighted by Gasteiger charge is -2.17. The molecule has 1 N–H and O–H groups in total. The second-order valence-electron chi connectivity index (χ2n) is 5.89. The predicted octanol–water partition coefficient (Wildman–Crippen LogP) is 3.58. The van der Waals surface area contributed by atoms with Crippen LogP contribution >= 0.6 is 23.6 Å². The van der Waals surface area contributed by atoms with E-state index in [0.717, 1.165) is 41.8 Å². The maximum atomic E-state index is 12.7. The number of aryl methyl sites for hydroxylation is 1. The zero-order valence-corrected chi connectivity index (χ0v) is 12.5. The number of hydrogen-bond acceptors (Lipinski definition) is 3. The van der Waals surface area contributed by atoms with Gasteiger partial charge in [-0.3, -0.25) is 9.36 Å². The number of nitrogens with one attached hydrogen (secondary N) is 1.